The molecular formula is C34H42ClN3O8S. The number of benzene rings is 3. The molecule has 3 aromatic rings. The molecule has 13 heteroatoms. The molecule has 0 spiro atoms. The van der Waals surface area contributed by atoms with Crippen LogP contribution in [0.1, 0.15) is 44.6 Å². The summed E-state index contributed by atoms with van der Waals surface area (Å²) in [5.74, 6) is 0.405. The molecule has 4 rings (SSSR count). The average Bonchev–Trinajstić information content (AvgIpc) is 3.09. The van der Waals surface area contributed by atoms with Crippen LogP contribution in [0, 0.1) is 0 Å². The van der Waals surface area contributed by atoms with E-state index in [1.165, 1.54) is 56.6 Å². The number of sulfonamides is 1. The molecule has 0 unspecified atom stereocenters. The molecule has 1 aliphatic rings. The number of methoxy groups -OCH3 is 4. The van der Waals surface area contributed by atoms with Gasteiger partial charge in [-0.05, 0) is 67.8 Å². The molecule has 1 aliphatic carbocycles. The molecule has 0 bridgehead atoms. The zero-order valence-corrected chi connectivity index (χ0v) is 28.9. The number of amides is 2. The van der Waals surface area contributed by atoms with E-state index in [1.54, 1.807) is 44.4 Å². The summed E-state index contributed by atoms with van der Waals surface area (Å²) in [6.45, 7) is 1.02. The van der Waals surface area contributed by atoms with Gasteiger partial charge in [0.2, 0.25) is 11.8 Å². The minimum atomic E-state index is -4.45. The van der Waals surface area contributed by atoms with Crippen molar-refractivity contribution in [1.82, 2.24) is 10.2 Å². The van der Waals surface area contributed by atoms with Gasteiger partial charge in [0.15, 0.2) is 11.5 Å². The van der Waals surface area contributed by atoms with Crippen molar-refractivity contribution in [2.45, 2.75) is 62.6 Å². The lowest BCUT2D eigenvalue weighted by atomic mass is 9.95. The molecule has 3 aromatic carbocycles. The zero-order valence-electron chi connectivity index (χ0n) is 27.3. The van der Waals surface area contributed by atoms with Gasteiger partial charge in [-0.3, -0.25) is 13.9 Å². The van der Waals surface area contributed by atoms with E-state index in [0.29, 0.717) is 11.5 Å². The Morgan fingerprint density at radius 2 is 1.49 bits per heavy atom. The number of hydrogen-bond donors (Lipinski definition) is 1. The van der Waals surface area contributed by atoms with Crippen molar-refractivity contribution in [1.29, 1.82) is 0 Å². The number of carbonyl (C=O) groups is 2. The van der Waals surface area contributed by atoms with Crippen molar-refractivity contribution in [2.75, 3.05) is 39.3 Å². The maximum absolute atomic E-state index is 14.4. The van der Waals surface area contributed by atoms with Crippen molar-refractivity contribution >= 4 is 39.1 Å². The highest BCUT2D eigenvalue weighted by atomic mass is 35.5. The standard InChI is InChI=1S/C34H42ClN3O8S/c1-23(34(40)36-26-9-7-6-8-10-26)37(21-24-11-14-27(43-2)15-12-24)33(39)22-38(29-19-25(35)13-17-30(29)44-3)47(41,42)28-16-18-31(45-4)32(20-28)46-5/h11-20,23,26H,6-10,21-22H2,1-5H3,(H,36,40)/t23-/m0/s1. The maximum atomic E-state index is 14.4. The van der Waals surface area contributed by atoms with E-state index in [-0.39, 0.29) is 45.6 Å². The van der Waals surface area contributed by atoms with Crippen LogP contribution in [0.3, 0.4) is 0 Å². The van der Waals surface area contributed by atoms with Gasteiger partial charge in [-0.2, -0.15) is 0 Å². The Labute approximate surface area is 281 Å². The smallest absolute Gasteiger partial charge is 0.265 e. The van der Waals surface area contributed by atoms with Crippen LogP contribution in [-0.2, 0) is 26.2 Å². The lowest BCUT2D eigenvalue weighted by molar-refractivity contribution is -0.139. The Morgan fingerprint density at radius 1 is 0.851 bits per heavy atom. The topological polar surface area (TPSA) is 124 Å². The number of anilines is 1. The number of nitrogens with zero attached hydrogens (tertiary/aromatic N) is 2. The molecule has 11 nitrogen and oxygen atoms in total. The quantitative estimate of drug-likeness (QED) is 0.238. The Kier molecular flexibility index (Phi) is 12.2. The van der Waals surface area contributed by atoms with Gasteiger partial charge in [-0.25, -0.2) is 8.42 Å². The molecule has 1 N–H and O–H groups in total. The third-order valence-corrected chi connectivity index (χ3v) is 10.3. The maximum Gasteiger partial charge on any atom is 0.265 e. The summed E-state index contributed by atoms with van der Waals surface area (Å²) in [5.41, 5.74) is 0.776. The van der Waals surface area contributed by atoms with Crippen molar-refractivity contribution in [3.8, 4) is 23.0 Å². The number of rotatable bonds is 14. The summed E-state index contributed by atoms with van der Waals surface area (Å²) < 4.78 is 51.2. The van der Waals surface area contributed by atoms with Gasteiger partial charge < -0.3 is 29.2 Å². The normalized spacial score (nSPS) is 14.1. The van der Waals surface area contributed by atoms with Crippen molar-refractivity contribution in [3.05, 3.63) is 71.2 Å². The molecule has 2 amide bonds. The van der Waals surface area contributed by atoms with Crippen LogP contribution in [0.4, 0.5) is 5.69 Å². The van der Waals surface area contributed by atoms with E-state index in [0.717, 1.165) is 42.0 Å². The van der Waals surface area contributed by atoms with Crippen molar-refractivity contribution < 1.29 is 37.0 Å². The molecule has 0 aromatic heterocycles. The van der Waals surface area contributed by atoms with E-state index in [1.807, 2.05) is 0 Å². The van der Waals surface area contributed by atoms with Crippen molar-refractivity contribution in [2.24, 2.45) is 0 Å². The van der Waals surface area contributed by atoms with Crippen molar-refractivity contribution in [3.63, 3.8) is 0 Å². The Bertz CT molecular complexity index is 1650. The van der Waals surface area contributed by atoms with E-state index < -0.39 is 28.5 Å². The molecule has 0 radical (unpaired) electrons. The van der Waals surface area contributed by atoms with Crippen LogP contribution in [-0.4, -0.2) is 72.2 Å². The van der Waals surface area contributed by atoms with Crippen LogP contribution in [0.5, 0.6) is 23.0 Å². The van der Waals surface area contributed by atoms with Gasteiger partial charge in [0.25, 0.3) is 10.0 Å². The summed E-state index contributed by atoms with van der Waals surface area (Å²) in [6.07, 6.45) is 4.92. The lowest BCUT2D eigenvalue weighted by Gasteiger charge is -2.33. The average molecular weight is 688 g/mol. The SMILES string of the molecule is COc1ccc(CN(C(=O)CN(c2cc(Cl)ccc2OC)S(=O)(=O)c2ccc(OC)c(OC)c2)[C@@H](C)C(=O)NC2CCCCC2)cc1. The monoisotopic (exact) mass is 687 g/mol. The van der Waals surface area contributed by atoms with Gasteiger partial charge in [0.1, 0.15) is 24.1 Å². The third kappa shape index (κ3) is 8.61. The van der Waals surface area contributed by atoms with Crippen LogP contribution in [0.25, 0.3) is 0 Å². The molecule has 47 heavy (non-hydrogen) atoms. The Hall–Kier alpha value is -4.16. The van der Waals surface area contributed by atoms with E-state index in [4.69, 9.17) is 30.5 Å². The predicted molar refractivity (Wildman–Crippen MR) is 180 cm³/mol. The molecule has 0 saturated heterocycles. The summed E-state index contributed by atoms with van der Waals surface area (Å²) in [4.78, 5) is 29.2. The fourth-order valence-corrected chi connectivity index (χ4v) is 7.15. The molecule has 0 aliphatic heterocycles. The van der Waals surface area contributed by atoms with Crippen LogP contribution in [0.15, 0.2) is 65.6 Å². The first kappa shape index (κ1) is 35.7. The third-order valence-electron chi connectivity index (χ3n) is 8.26. The molecule has 1 saturated carbocycles. The fourth-order valence-electron chi connectivity index (χ4n) is 5.55. The minimum Gasteiger partial charge on any atom is -0.497 e. The van der Waals surface area contributed by atoms with Gasteiger partial charge in [0.05, 0.1) is 39.0 Å². The minimum absolute atomic E-state index is 0.0225. The first-order valence-corrected chi connectivity index (χ1v) is 17.1. The highest BCUT2D eigenvalue weighted by Crippen LogP contribution is 2.37. The second kappa shape index (κ2) is 16.1. The summed E-state index contributed by atoms with van der Waals surface area (Å²) >= 11 is 6.34. The first-order chi connectivity index (χ1) is 22.5. The Balaban J connectivity index is 1.76. The molecule has 0 heterocycles. The zero-order chi connectivity index (χ0) is 34.1. The van der Waals surface area contributed by atoms with Gasteiger partial charge in [-0.15, -0.1) is 0 Å². The Morgan fingerprint density at radius 3 is 2.11 bits per heavy atom. The van der Waals surface area contributed by atoms with Gasteiger partial charge in [0, 0.05) is 23.7 Å². The number of ether oxygens (including phenoxy) is 4. The first-order valence-electron chi connectivity index (χ1n) is 15.3. The number of carbonyl (C=O) groups excluding carboxylic acids is 2. The van der Waals surface area contributed by atoms with E-state index in [2.05, 4.69) is 5.32 Å². The van der Waals surface area contributed by atoms with Crippen LogP contribution < -0.4 is 28.6 Å². The van der Waals surface area contributed by atoms with Gasteiger partial charge in [-0.1, -0.05) is 43.0 Å². The molecule has 254 valence electrons. The number of nitrogens with one attached hydrogen (secondary N) is 1. The van der Waals surface area contributed by atoms with E-state index in [9.17, 15) is 18.0 Å². The summed E-state index contributed by atoms with van der Waals surface area (Å²) in [7, 11) is 1.34. The lowest BCUT2D eigenvalue weighted by Crippen LogP contribution is -2.53. The van der Waals surface area contributed by atoms with Crippen LogP contribution >= 0.6 is 11.6 Å². The largest absolute Gasteiger partial charge is 0.497 e. The number of halogens is 1. The summed E-state index contributed by atoms with van der Waals surface area (Å²) in [5, 5.41) is 3.33. The molecule has 1 atom stereocenters. The van der Waals surface area contributed by atoms with E-state index >= 15 is 0 Å². The highest BCUT2D eigenvalue weighted by Gasteiger charge is 2.35. The highest BCUT2D eigenvalue weighted by molar-refractivity contribution is 7.92. The predicted octanol–water partition coefficient (Wildman–Crippen LogP) is 5.44. The molecule has 1 fully saturated rings. The fraction of sp³-hybridized carbons (Fsp3) is 0.412. The van der Waals surface area contributed by atoms with Crippen LogP contribution in [0.2, 0.25) is 5.02 Å². The van der Waals surface area contributed by atoms with Gasteiger partial charge >= 0.3 is 0 Å². The summed E-state index contributed by atoms with van der Waals surface area (Å²) in [6, 6.07) is 14.9. The second-order valence-corrected chi connectivity index (χ2v) is 13.5. The number of hydrogen-bond acceptors (Lipinski definition) is 8. The molecular weight excluding hydrogens is 646 g/mol. The second-order valence-electron chi connectivity index (χ2n) is 11.2.